The molecule has 1 aromatic carbocycles. The lowest BCUT2D eigenvalue weighted by molar-refractivity contribution is 0.126. The molecule has 0 radical (unpaired) electrons. The third kappa shape index (κ3) is 4.24. The first-order chi connectivity index (χ1) is 11.8. The molecule has 0 atom stereocenters. The van der Waals surface area contributed by atoms with Gasteiger partial charge in [0.05, 0.1) is 18.6 Å². The van der Waals surface area contributed by atoms with Crippen LogP contribution in [0.15, 0.2) is 17.0 Å². The summed E-state index contributed by atoms with van der Waals surface area (Å²) in [4.78, 5) is 13.5. The van der Waals surface area contributed by atoms with Gasteiger partial charge >= 0.3 is 6.09 Å². The van der Waals surface area contributed by atoms with E-state index in [1.54, 1.807) is 19.1 Å². The third-order valence-corrected chi connectivity index (χ3v) is 6.32. The molecule has 0 aliphatic carbocycles. The molecule has 1 saturated heterocycles. The number of rotatable bonds is 4. The number of benzene rings is 1. The lowest BCUT2D eigenvalue weighted by atomic mass is 10.1. The molecule has 1 amide bonds. The summed E-state index contributed by atoms with van der Waals surface area (Å²) < 4.78 is 37.9. The number of carbonyl (C=O) groups is 1. The molecular formula is C17H26N2O5S. The molecule has 2 rings (SSSR count). The second-order valence-electron chi connectivity index (χ2n) is 6.03. The van der Waals surface area contributed by atoms with Gasteiger partial charge in [0.25, 0.3) is 0 Å². The van der Waals surface area contributed by atoms with Crippen LogP contribution < -0.4 is 4.74 Å². The zero-order valence-electron chi connectivity index (χ0n) is 15.2. The molecular weight excluding hydrogens is 344 g/mol. The van der Waals surface area contributed by atoms with E-state index in [1.165, 1.54) is 16.3 Å². The maximum atomic E-state index is 13.1. The van der Waals surface area contributed by atoms with E-state index in [0.29, 0.717) is 48.9 Å². The van der Waals surface area contributed by atoms with Crippen molar-refractivity contribution in [3.8, 4) is 5.75 Å². The third-order valence-electron chi connectivity index (χ3n) is 4.28. The Morgan fingerprint density at radius 3 is 2.48 bits per heavy atom. The van der Waals surface area contributed by atoms with Crippen molar-refractivity contribution in [1.29, 1.82) is 0 Å². The Bertz CT molecular complexity index is 733. The maximum Gasteiger partial charge on any atom is 0.409 e. The Morgan fingerprint density at radius 2 is 1.84 bits per heavy atom. The number of hydrogen-bond donors (Lipinski definition) is 0. The molecule has 25 heavy (non-hydrogen) atoms. The van der Waals surface area contributed by atoms with Crippen molar-refractivity contribution in [3.05, 3.63) is 23.3 Å². The van der Waals surface area contributed by atoms with Gasteiger partial charge in [-0.25, -0.2) is 13.2 Å². The van der Waals surface area contributed by atoms with E-state index in [1.807, 2.05) is 13.8 Å². The first-order valence-electron chi connectivity index (χ1n) is 8.38. The average Bonchev–Trinajstić information content (AvgIpc) is 2.83. The number of methoxy groups -OCH3 is 1. The number of nitrogens with zero attached hydrogens (tertiary/aromatic N) is 2. The number of hydrogen-bond acceptors (Lipinski definition) is 5. The van der Waals surface area contributed by atoms with Crippen LogP contribution >= 0.6 is 0 Å². The van der Waals surface area contributed by atoms with Gasteiger partial charge in [-0.2, -0.15) is 4.31 Å². The first-order valence-corrected chi connectivity index (χ1v) is 9.82. The van der Waals surface area contributed by atoms with Crippen molar-refractivity contribution in [3.63, 3.8) is 0 Å². The molecule has 8 heteroatoms. The van der Waals surface area contributed by atoms with Crippen LogP contribution in [-0.4, -0.2) is 63.6 Å². The summed E-state index contributed by atoms with van der Waals surface area (Å²) in [6, 6.07) is 3.43. The van der Waals surface area contributed by atoms with Crippen molar-refractivity contribution >= 4 is 16.1 Å². The summed E-state index contributed by atoms with van der Waals surface area (Å²) in [5.41, 5.74) is 1.44. The topological polar surface area (TPSA) is 76.2 Å². The second-order valence-corrected chi connectivity index (χ2v) is 7.94. The molecule has 0 saturated carbocycles. The smallest absolute Gasteiger partial charge is 0.409 e. The van der Waals surface area contributed by atoms with E-state index in [4.69, 9.17) is 9.47 Å². The Labute approximate surface area is 149 Å². The Morgan fingerprint density at radius 1 is 1.12 bits per heavy atom. The molecule has 140 valence electrons. The molecule has 0 unspecified atom stereocenters. The van der Waals surface area contributed by atoms with Crippen LogP contribution in [0.25, 0.3) is 0 Å². The molecule has 1 aliphatic heterocycles. The van der Waals surface area contributed by atoms with Gasteiger partial charge in [0.1, 0.15) is 5.75 Å². The largest absolute Gasteiger partial charge is 0.494 e. The fourth-order valence-electron chi connectivity index (χ4n) is 2.94. The molecule has 0 N–H and O–H groups in total. The highest BCUT2D eigenvalue weighted by Crippen LogP contribution is 2.28. The Balaban J connectivity index is 2.27. The number of sulfonamides is 1. The standard InChI is InChI=1S/C17H26N2O5S/c1-5-24-15-11-14(3)16(12-13(15)2)25(21,22)19-8-6-7-18(9-10-19)17(20)23-4/h11-12H,5-10H2,1-4H3. The van der Waals surface area contributed by atoms with Gasteiger partial charge in [-0.1, -0.05) is 0 Å². The summed E-state index contributed by atoms with van der Waals surface area (Å²) in [7, 11) is -2.30. The predicted octanol–water partition coefficient (Wildman–Crippen LogP) is 2.16. The SMILES string of the molecule is CCOc1cc(C)c(S(=O)(=O)N2CCCN(C(=O)OC)CC2)cc1C. The highest BCUT2D eigenvalue weighted by atomic mass is 32.2. The normalized spacial score (nSPS) is 16.4. The van der Waals surface area contributed by atoms with Gasteiger partial charge in [-0.05, 0) is 50.5 Å². The lowest BCUT2D eigenvalue weighted by Gasteiger charge is -2.22. The number of aryl methyl sites for hydroxylation is 2. The summed E-state index contributed by atoms with van der Waals surface area (Å²) >= 11 is 0. The molecule has 1 heterocycles. The monoisotopic (exact) mass is 370 g/mol. The zero-order valence-corrected chi connectivity index (χ0v) is 16.1. The molecule has 1 aromatic rings. The van der Waals surface area contributed by atoms with Crippen molar-refractivity contribution in [2.45, 2.75) is 32.1 Å². The van der Waals surface area contributed by atoms with E-state index < -0.39 is 16.1 Å². The van der Waals surface area contributed by atoms with Crippen LogP contribution in [-0.2, 0) is 14.8 Å². The minimum Gasteiger partial charge on any atom is -0.494 e. The van der Waals surface area contributed by atoms with Crippen LogP contribution in [0.3, 0.4) is 0 Å². The summed E-state index contributed by atoms with van der Waals surface area (Å²) in [5.74, 6) is 0.701. The molecule has 0 spiro atoms. The summed E-state index contributed by atoms with van der Waals surface area (Å²) in [6.07, 6.45) is 0.149. The Hall–Kier alpha value is -1.80. The van der Waals surface area contributed by atoms with Gasteiger partial charge in [0.15, 0.2) is 0 Å². The van der Waals surface area contributed by atoms with E-state index in [9.17, 15) is 13.2 Å². The first kappa shape index (κ1) is 19.5. The van der Waals surface area contributed by atoms with Crippen LogP contribution in [0, 0.1) is 13.8 Å². The Kier molecular flexibility index (Phi) is 6.29. The van der Waals surface area contributed by atoms with E-state index >= 15 is 0 Å². The summed E-state index contributed by atoms with van der Waals surface area (Å²) in [6.45, 7) is 7.47. The number of carbonyl (C=O) groups excluding carboxylic acids is 1. The van der Waals surface area contributed by atoms with Crippen LogP contribution in [0.4, 0.5) is 4.79 Å². The molecule has 0 bridgehead atoms. The zero-order chi connectivity index (χ0) is 18.6. The molecule has 7 nitrogen and oxygen atoms in total. The van der Waals surface area contributed by atoms with Crippen molar-refractivity contribution in [2.75, 3.05) is 39.9 Å². The van der Waals surface area contributed by atoms with Gasteiger partial charge in [0.2, 0.25) is 10.0 Å². The van der Waals surface area contributed by atoms with E-state index in [0.717, 1.165) is 5.56 Å². The van der Waals surface area contributed by atoms with Gasteiger partial charge < -0.3 is 14.4 Å². The van der Waals surface area contributed by atoms with Gasteiger partial charge in [0, 0.05) is 26.2 Å². The van der Waals surface area contributed by atoms with E-state index in [-0.39, 0.29) is 6.54 Å². The minimum atomic E-state index is -3.63. The highest BCUT2D eigenvalue weighted by Gasteiger charge is 2.30. The second kappa shape index (κ2) is 8.05. The van der Waals surface area contributed by atoms with Crippen molar-refractivity contribution in [1.82, 2.24) is 9.21 Å². The fraction of sp³-hybridized carbons (Fsp3) is 0.588. The number of ether oxygens (including phenoxy) is 2. The summed E-state index contributed by atoms with van der Waals surface area (Å²) in [5, 5.41) is 0. The number of amides is 1. The van der Waals surface area contributed by atoms with Crippen LogP contribution in [0.1, 0.15) is 24.5 Å². The van der Waals surface area contributed by atoms with Gasteiger partial charge in [-0.15, -0.1) is 0 Å². The lowest BCUT2D eigenvalue weighted by Crippen LogP contribution is -2.37. The quantitative estimate of drug-likeness (QED) is 0.812. The van der Waals surface area contributed by atoms with Crippen molar-refractivity contribution in [2.24, 2.45) is 0 Å². The molecule has 1 aliphatic rings. The highest BCUT2D eigenvalue weighted by molar-refractivity contribution is 7.89. The van der Waals surface area contributed by atoms with Gasteiger partial charge in [-0.3, -0.25) is 0 Å². The van der Waals surface area contributed by atoms with Crippen LogP contribution in [0.5, 0.6) is 5.75 Å². The average molecular weight is 370 g/mol. The van der Waals surface area contributed by atoms with Crippen molar-refractivity contribution < 1.29 is 22.7 Å². The van der Waals surface area contributed by atoms with E-state index in [2.05, 4.69) is 0 Å². The fourth-order valence-corrected chi connectivity index (χ4v) is 4.70. The minimum absolute atomic E-state index is 0.253. The van der Waals surface area contributed by atoms with Crippen LogP contribution in [0.2, 0.25) is 0 Å². The molecule has 0 aromatic heterocycles. The predicted molar refractivity (Wildman–Crippen MR) is 94.4 cm³/mol. The maximum absolute atomic E-state index is 13.1. The molecule has 1 fully saturated rings.